The van der Waals surface area contributed by atoms with Gasteiger partial charge in [-0.25, -0.2) is 4.98 Å². The van der Waals surface area contributed by atoms with Crippen LogP contribution in [-0.4, -0.2) is 36.1 Å². The molecule has 0 aliphatic heterocycles. The zero-order chi connectivity index (χ0) is 14.5. The van der Waals surface area contributed by atoms with E-state index in [4.69, 9.17) is 4.98 Å². The number of hydrogen-bond acceptors (Lipinski definition) is 4. The lowest BCUT2D eigenvalue weighted by Crippen LogP contribution is -2.34. The van der Waals surface area contributed by atoms with E-state index in [9.17, 15) is 0 Å². The maximum absolute atomic E-state index is 4.72. The van der Waals surface area contributed by atoms with Crippen LogP contribution in [-0.2, 0) is 6.54 Å². The third-order valence-corrected chi connectivity index (χ3v) is 4.63. The Morgan fingerprint density at radius 3 is 2.80 bits per heavy atom. The number of thioether (sulfide) groups is 1. The third-order valence-electron chi connectivity index (χ3n) is 3.91. The Labute approximate surface area is 127 Å². The van der Waals surface area contributed by atoms with E-state index in [0.717, 1.165) is 36.3 Å². The van der Waals surface area contributed by atoms with Crippen molar-refractivity contribution in [2.45, 2.75) is 51.7 Å². The summed E-state index contributed by atoms with van der Waals surface area (Å²) in [5, 5.41) is 3.58. The molecule has 1 unspecified atom stereocenters. The van der Waals surface area contributed by atoms with Crippen molar-refractivity contribution >= 4 is 17.6 Å². The van der Waals surface area contributed by atoms with E-state index in [-0.39, 0.29) is 0 Å². The quantitative estimate of drug-likeness (QED) is 0.796. The van der Waals surface area contributed by atoms with Crippen LogP contribution in [0.1, 0.15) is 37.4 Å². The molecular weight excluding hydrogens is 266 g/mol. The van der Waals surface area contributed by atoms with Crippen LogP contribution in [0.4, 0.5) is 5.82 Å². The van der Waals surface area contributed by atoms with Crippen molar-refractivity contribution in [3.05, 3.63) is 23.4 Å². The van der Waals surface area contributed by atoms with Gasteiger partial charge >= 0.3 is 0 Å². The summed E-state index contributed by atoms with van der Waals surface area (Å²) in [5.74, 6) is 2.26. The molecule has 1 aromatic heterocycles. The summed E-state index contributed by atoms with van der Waals surface area (Å²) in [7, 11) is 2.17. The van der Waals surface area contributed by atoms with Crippen molar-refractivity contribution in [2.75, 3.05) is 24.0 Å². The van der Waals surface area contributed by atoms with E-state index in [0.29, 0.717) is 6.04 Å². The first-order chi connectivity index (χ1) is 9.63. The van der Waals surface area contributed by atoms with E-state index in [1.165, 1.54) is 18.4 Å². The van der Waals surface area contributed by atoms with Crippen LogP contribution in [0.15, 0.2) is 12.1 Å². The van der Waals surface area contributed by atoms with Crippen LogP contribution >= 0.6 is 11.8 Å². The number of rotatable bonds is 8. The highest BCUT2D eigenvalue weighted by Gasteiger charge is 2.20. The smallest absolute Gasteiger partial charge is 0.129 e. The summed E-state index contributed by atoms with van der Waals surface area (Å²) < 4.78 is 0. The number of anilines is 1. The standard InChI is InChI=1S/C16H27N3S/c1-5-15(11-20-4)19(3)16-9-13(8-12(2)18-16)10-17-14-6-7-14/h8-9,14-15,17H,5-7,10-11H2,1-4H3. The van der Waals surface area contributed by atoms with Gasteiger partial charge in [-0.15, -0.1) is 0 Å². The molecule has 1 fully saturated rings. The monoisotopic (exact) mass is 293 g/mol. The Morgan fingerprint density at radius 2 is 2.20 bits per heavy atom. The normalized spacial score (nSPS) is 16.2. The van der Waals surface area contributed by atoms with Gasteiger partial charge in [0.15, 0.2) is 0 Å². The predicted molar refractivity (Wildman–Crippen MR) is 89.7 cm³/mol. The largest absolute Gasteiger partial charge is 0.356 e. The lowest BCUT2D eigenvalue weighted by Gasteiger charge is -2.28. The Hall–Kier alpha value is -0.740. The molecule has 112 valence electrons. The summed E-state index contributed by atoms with van der Waals surface area (Å²) in [6.07, 6.45) is 6.00. The van der Waals surface area contributed by atoms with Crippen molar-refractivity contribution in [3.8, 4) is 0 Å². The topological polar surface area (TPSA) is 28.2 Å². The summed E-state index contributed by atoms with van der Waals surface area (Å²) in [6.45, 7) is 5.31. The van der Waals surface area contributed by atoms with E-state index >= 15 is 0 Å². The van der Waals surface area contributed by atoms with Crippen molar-refractivity contribution in [2.24, 2.45) is 0 Å². The molecule has 1 heterocycles. The lowest BCUT2D eigenvalue weighted by atomic mass is 10.2. The van der Waals surface area contributed by atoms with Gasteiger partial charge in [-0.2, -0.15) is 11.8 Å². The van der Waals surface area contributed by atoms with E-state index < -0.39 is 0 Å². The Balaban J connectivity index is 2.08. The fourth-order valence-corrected chi connectivity index (χ4v) is 3.28. The second-order valence-electron chi connectivity index (χ2n) is 5.76. The summed E-state index contributed by atoms with van der Waals surface area (Å²) in [4.78, 5) is 7.05. The highest BCUT2D eigenvalue weighted by Crippen LogP contribution is 2.22. The zero-order valence-electron chi connectivity index (χ0n) is 13.1. The molecular formula is C16H27N3S. The van der Waals surface area contributed by atoms with Gasteiger partial charge in [0, 0.05) is 37.1 Å². The van der Waals surface area contributed by atoms with E-state index in [1.807, 2.05) is 11.8 Å². The van der Waals surface area contributed by atoms with Crippen LogP contribution in [0.25, 0.3) is 0 Å². The molecule has 0 amide bonds. The fraction of sp³-hybridized carbons (Fsp3) is 0.688. The molecule has 0 saturated heterocycles. The second-order valence-corrected chi connectivity index (χ2v) is 6.67. The molecule has 0 bridgehead atoms. The van der Waals surface area contributed by atoms with Crippen LogP contribution in [0.2, 0.25) is 0 Å². The van der Waals surface area contributed by atoms with Gasteiger partial charge < -0.3 is 10.2 Å². The maximum Gasteiger partial charge on any atom is 0.129 e. The van der Waals surface area contributed by atoms with Crippen LogP contribution in [0.5, 0.6) is 0 Å². The van der Waals surface area contributed by atoms with Gasteiger partial charge in [-0.1, -0.05) is 6.92 Å². The van der Waals surface area contributed by atoms with Gasteiger partial charge in [-0.3, -0.25) is 0 Å². The Kier molecular flexibility index (Phi) is 5.73. The molecule has 1 N–H and O–H groups in total. The number of aromatic nitrogens is 1. The molecule has 2 rings (SSSR count). The third kappa shape index (κ3) is 4.38. The first-order valence-electron chi connectivity index (χ1n) is 7.56. The maximum atomic E-state index is 4.72. The first kappa shape index (κ1) is 15.6. The first-order valence-corrected chi connectivity index (χ1v) is 8.96. The van der Waals surface area contributed by atoms with Crippen molar-refractivity contribution in [1.82, 2.24) is 10.3 Å². The molecule has 20 heavy (non-hydrogen) atoms. The number of nitrogens with zero attached hydrogens (tertiary/aromatic N) is 2. The number of aryl methyl sites for hydroxylation is 1. The molecule has 1 aromatic rings. The Bertz CT molecular complexity index is 432. The Morgan fingerprint density at radius 1 is 1.45 bits per heavy atom. The van der Waals surface area contributed by atoms with Crippen LogP contribution < -0.4 is 10.2 Å². The van der Waals surface area contributed by atoms with Gasteiger partial charge in [0.05, 0.1) is 0 Å². The van der Waals surface area contributed by atoms with Gasteiger partial charge in [0.2, 0.25) is 0 Å². The molecule has 0 radical (unpaired) electrons. The molecule has 1 atom stereocenters. The van der Waals surface area contributed by atoms with Crippen molar-refractivity contribution in [1.29, 1.82) is 0 Å². The van der Waals surface area contributed by atoms with Crippen molar-refractivity contribution in [3.63, 3.8) is 0 Å². The molecule has 1 aliphatic carbocycles. The molecule has 1 aliphatic rings. The minimum Gasteiger partial charge on any atom is -0.356 e. The minimum absolute atomic E-state index is 0.559. The SMILES string of the molecule is CCC(CSC)N(C)c1cc(CNC2CC2)cc(C)n1. The summed E-state index contributed by atoms with van der Waals surface area (Å²) in [5.41, 5.74) is 2.46. The van der Waals surface area contributed by atoms with E-state index in [1.54, 1.807) is 0 Å². The predicted octanol–water partition coefficient (Wildman–Crippen LogP) is 3.22. The van der Waals surface area contributed by atoms with Gasteiger partial charge in [0.1, 0.15) is 5.82 Å². The average molecular weight is 293 g/mol. The highest BCUT2D eigenvalue weighted by molar-refractivity contribution is 7.98. The van der Waals surface area contributed by atoms with Crippen molar-refractivity contribution < 1.29 is 0 Å². The zero-order valence-corrected chi connectivity index (χ0v) is 14.0. The number of nitrogens with one attached hydrogen (secondary N) is 1. The second kappa shape index (κ2) is 7.32. The highest BCUT2D eigenvalue weighted by atomic mass is 32.2. The molecule has 0 aromatic carbocycles. The van der Waals surface area contributed by atoms with Crippen LogP contribution in [0, 0.1) is 6.92 Å². The summed E-state index contributed by atoms with van der Waals surface area (Å²) >= 11 is 1.91. The molecule has 1 saturated carbocycles. The lowest BCUT2D eigenvalue weighted by molar-refractivity contribution is 0.660. The van der Waals surface area contributed by atoms with Gasteiger partial charge in [0.25, 0.3) is 0 Å². The number of hydrogen-bond donors (Lipinski definition) is 1. The number of pyridine rings is 1. The molecule has 4 heteroatoms. The van der Waals surface area contributed by atoms with Gasteiger partial charge in [-0.05, 0) is 50.1 Å². The van der Waals surface area contributed by atoms with Crippen LogP contribution in [0.3, 0.4) is 0 Å². The summed E-state index contributed by atoms with van der Waals surface area (Å²) in [6, 6.07) is 5.75. The molecule has 0 spiro atoms. The average Bonchev–Trinajstić information content (AvgIpc) is 3.25. The van der Waals surface area contributed by atoms with E-state index in [2.05, 4.69) is 49.5 Å². The fourth-order valence-electron chi connectivity index (χ4n) is 2.44. The molecule has 3 nitrogen and oxygen atoms in total. The minimum atomic E-state index is 0.559.